The molecule has 1 amide bonds. The number of carbonyl (C=O) groups excluding carboxylic acids is 1. The predicted molar refractivity (Wildman–Crippen MR) is 80.8 cm³/mol. The Kier molecular flexibility index (Phi) is 4.29. The molecule has 5 heteroatoms. The van der Waals surface area contributed by atoms with Crippen LogP contribution in [0.4, 0.5) is 0 Å². The second kappa shape index (κ2) is 5.75. The molecule has 0 saturated heterocycles. The third kappa shape index (κ3) is 3.05. The van der Waals surface area contributed by atoms with Crippen LogP contribution in [0.15, 0.2) is 36.5 Å². The van der Waals surface area contributed by atoms with Crippen LogP contribution in [0.25, 0.3) is 0 Å². The maximum atomic E-state index is 11.9. The highest BCUT2D eigenvalue weighted by Crippen LogP contribution is 2.19. The van der Waals surface area contributed by atoms with Crippen molar-refractivity contribution in [1.82, 2.24) is 9.88 Å². The van der Waals surface area contributed by atoms with E-state index >= 15 is 0 Å². The molecule has 18 heavy (non-hydrogen) atoms. The molecule has 1 aromatic heterocycles. The van der Waals surface area contributed by atoms with Crippen molar-refractivity contribution in [1.29, 1.82) is 0 Å². The fourth-order valence-electron chi connectivity index (χ4n) is 1.59. The van der Waals surface area contributed by atoms with Gasteiger partial charge >= 0.3 is 0 Å². The van der Waals surface area contributed by atoms with Crippen molar-refractivity contribution < 1.29 is 4.79 Å². The maximum absolute atomic E-state index is 11.9. The number of carbonyl (C=O) groups is 1. The normalized spacial score (nSPS) is 10.4. The van der Waals surface area contributed by atoms with Gasteiger partial charge in [-0.05, 0) is 52.9 Å². The number of amides is 1. The van der Waals surface area contributed by atoms with Gasteiger partial charge in [0.15, 0.2) is 0 Å². The van der Waals surface area contributed by atoms with Crippen LogP contribution in [0, 0.1) is 3.57 Å². The lowest BCUT2D eigenvalue weighted by Gasteiger charge is -2.07. The number of aromatic nitrogens is 1. The van der Waals surface area contributed by atoms with Crippen molar-refractivity contribution in [2.24, 2.45) is 7.05 Å². The highest BCUT2D eigenvalue weighted by molar-refractivity contribution is 14.1. The molecule has 0 fully saturated rings. The van der Waals surface area contributed by atoms with E-state index in [1.807, 2.05) is 36.0 Å². The van der Waals surface area contributed by atoms with Crippen LogP contribution in [0.2, 0.25) is 5.02 Å². The summed E-state index contributed by atoms with van der Waals surface area (Å²) >= 11 is 8.12. The van der Waals surface area contributed by atoms with Gasteiger partial charge in [0.05, 0.1) is 11.6 Å². The number of nitrogens with one attached hydrogen (secondary N) is 1. The number of hydrogen-bond acceptors (Lipinski definition) is 1. The highest BCUT2D eigenvalue weighted by atomic mass is 127. The summed E-state index contributed by atoms with van der Waals surface area (Å²) in [7, 11) is 1.95. The molecule has 3 nitrogen and oxygen atoms in total. The lowest BCUT2D eigenvalue weighted by atomic mass is 10.2. The Labute approximate surface area is 124 Å². The van der Waals surface area contributed by atoms with E-state index in [1.165, 1.54) is 0 Å². The molecular weight excluding hydrogens is 363 g/mol. The average molecular weight is 375 g/mol. The molecule has 0 radical (unpaired) electrons. The Morgan fingerprint density at radius 3 is 2.83 bits per heavy atom. The van der Waals surface area contributed by atoms with Crippen molar-refractivity contribution in [3.63, 3.8) is 0 Å². The molecule has 1 heterocycles. The molecular formula is C13H12ClIN2O. The fraction of sp³-hybridized carbons (Fsp3) is 0.154. The van der Waals surface area contributed by atoms with Crippen LogP contribution in [0.1, 0.15) is 16.1 Å². The minimum absolute atomic E-state index is 0.116. The van der Waals surface area contributed by atoms with E-state index in [0.717, 1.165) is 9.26 Å². The van der Waals surface area contributed by atoms with Crippen LogP contribution in [-0.2, 0) is 13.6 Å². The summed E-state index contributed by atoms with van der Waals surface area (Å²) in [5, 5.41) is 3.47. The number of nitrogens with zero attached hydrogens (tertiary/aromatic N) is 1. The SMILES string of the molecule is Cn1cccc1CNC(=O)c1ccc(I)c(Cl)c1. The van der Waals surface area contributed by atoms with Gasteiger partial charge in [-0.25, -0.2) is 0 Å². The van der Waals surface area contributed by atoms with Crippen LogP contribution in [0.3, 0.4) is 0 Å². The second-order valence-corrected chi connectivity index (χ2v) is 5.49. The fourth-order valence-corrected chi connectivity index (χ4v) is 2.11. The summed E-state index contributed by atoms with van der Waals surface area (Å²) in [4.78, 5) is 11.9. The maximum Gasteiger partial charge on any atom is 0.251 e. The first-order chi connectivity index (χ1) is 8.58. The Balaban J connectivity index is 2.04. The topological polar surface area (TPSA) is 34.0 Å². The molecule has 0 aliphatic rings. The number of hydrogen-bond donors (Lipinski definition) is 1. The van der Waals surface area contributed by atoms with E-state index in [0.29, 0.717) is 17.1 Å². The van der Waals surface area contributed by atoms with Crippen LogP contribution < -0.4 is 5.32 Å². The minimum atomic E-state index is -0.116. The van der Waals surface area contributed by atoms with Gasteiger partial charge in [-0.2, -0.15) is 0 Å². The van der Waals surface area contributed by atoms with E-state index in [-0.39, 0.29) is 5.91 Å². The Morgan fingerprint density at radius 1 is 1.44 bits per heavy atom. The monoisotopic (exact) mass is 374 g/mol. The van der Waals surface area contributed by atoms with Gasteiger partial charge in [-0.15, -0.1) is 0 Å². The van der Waals surface area contributed by atoms with E-state index in [4.69, 9.17) is 11.6 Å². The number of rotatable bonds is 3. The Morgan fingerprint density at radius 2 is 2.22 bits per heavy atom. The molecule has 0 aliphatic heterocycles. The molecule has 0 aliphatic carbocycles. The predicted octanol–water partition coefficient (Wildman–Crippen LogP) is 3.21. The Bertz CT molecular complexity index is 580. The van der Waals surface area contributed by atoms with Crippen LogP contribution >= 0.6 is 34.2 Å². The van der Waals surface area contributed by atoms with Gasteiger partial charge in [0.25, 0.3) is 5.91 Å². The summed E-state index contributed by atoms with van der Waals surface area (Å²) in [6.07, 6.45) is 1.95. The summed E-state index contributed by atoms with van der Waals surface area (Å²) in [5.41, 5.74) is 1.63. The van der Waals surface area contributed by atoms with Gasteiger partial charge < -0.3 is 9.88 Å². The van der Waals surface area contributed by atoms with E-state index in [1.54, 1.807) is 12.1 Å². The molecule has 0 unspecified atom stereocenters. The lowest BCUT2D eigenvalue weighted by molar-refractivity contribution is 0.0950. The van der Waals surface area contributed by atoms with Crippen molar-refractivity contribution in [2.45, 2.75) is 6.54 Å². The van der Waals surface area contributed by atoms with Crippen molar-refractivity contribution in [2.75, 3.05) is 0 Å². The van der Waals surface area contributed by atoms with Crippen molar-refractivity contribution >= 4 is 40.1 Å². The highest BCUT2D eigenvalue weighted by Gasteiger charge is 2.08. The van der Waals surface area contributed by atoms with Crippen LogP contribution in [-0.4, -0.2) is 10.5 Å². The van der Waals surface area contributed by atoms with E-state index < -0.39 is 0 Å². The average Bonchev–Trinajstić information content (AvgIpc) is 2.75. The first-order valence-electron chi connectivity index (χ1n) is 5.41. The molecule has 0 atom stereocenters. The molecule has 2 aromatic rings. The lowest BCUT2D eigenvalue weighted by Crippen LogP contribution is -2.23. The van der Waals surface area contributed by atoms with Crippen molar-refractivity contribution in [3.05, 3.63) is 56.4 Å². The second-order valence-electron chi connectivity index (χ2n) is 3.92. The quantitative estimate of drug-likeness (QED) is 0.823. The number of aryl methyl sites for hydroxylation is 1. The van der Waals surface area contributed by atoms with Crippen molar-refractivity contribution in [3.8, 4) is 0 Å². The first kappa shape index (κ1) is 13.4. The zero-order chi connectivity index (χ0) is 13.1. The summed E-state index contributed by atoms with van der Waals surface area (Å²) in [5.74, 6) is -0.116. The zero-order valence-corrected chi connectivity index (χ0v) is 12.7. The standard InChI is InChI=1S/C13H12ClIN2O/c1-17-6-2-3-10(17)8-16-13(18)9-4-5-12(15)11(14)7-9/h2-7H,8H2,1H3,(H,16,18). The smallest absolute Gasteiger partial charge is 0.251 e. The largest absolute Gasteiger partial charge is 0.353 e. The number of benzene rings is 1. The van der Waals surface area contributed by atoms with E-state index in [9.17, 15) is 4.79 Å². The molecule has 1 N–H and O–H groups in total. The Hall–Kier alpha value is -1.01. The molecule has 0 saturated carbocycles. The zero-order valence-electron chi connectivity index (χ0n) is 9.78. The molecule has 0 bridgehead atoms. The van der Waals surface area contributed by atoms with Gasteiger partial charge in [0.2, 0.25) is 0 Å². The van der Waals surface area contributed by atoms with Crippen LogP contribution in [0.5, 0.6) is 0 Å². The molecule has 1 aromatic carbocycles. The number of halogens is 2. The van der Waals surface area contributed by atoms with E-state index in [2.05, 4.69) is 27.9 Å². The molecule has 2 rings (SSSR count). The first-order valence-corrected chi connectivity index (χ1v) is 6.87. The van der Waals surface area contributed by atoms with Gasteiger partial charge in [-0.3, -0.25) is 4.79 Å². The summed E-state index contributed by atoms with van der Waals surface area (Å²) < 4.78 is 2.91. The molecule has 0 spiro atoms. The summed E-state index contributed by atoms with van der Waals surface area (Å²) in [6.45, 7) is 0.506. The van der Waals surface area contributed by atoms with Gasteiger partial charge in [-0.1, -0.05) is 11.6 Å². The molecule has 94 valence electrons. The minimum Gasteiger partial charge on any atom is -0.353 e. The summed E-state index contributed by atoms with van der Waals surface area (Å²) in [6, 6.07) is 9.21. The third-order valence-corrected chi connectivity index (χ3v) is 4.24. The van der Waals surface area contributed by atoms with Gasteiger partial charge in [0, 0.05) is 28.1 Å². The third-order valence-electron chi connectivity index (χ3n) is 2.66. The van der Waals surface area contributed by atoms with Gasteiger partial charge in [0.1, 0.15) is 0 Å².